The first kappa shape index (κ1) is 15.9. The molecule has 72 valence electrons. The summed E-state index contributed by atoms with van der Waals surface area (Å²) in [6, 6.07) is 0. The fourth-order valence-electron chi connectivity index (χ4n) is 1.05. The molecule has 0 N–H and O–H groups in total. The first-order chi connectivity index (χ1) is 5.38. The van der Waals surface area contributed by atoms with Crippen LogP contribution in [0.3, 0.4) is 0 Å². The van der Waals surface area contributed by atoms with Gasteiger partial charge in [-0.25, -0.2) is 0 Å². The predicted octanol–water partition coefficient (Wildman–Crippen LogP) is -1.53. The van der Waals surface area contributed by atoms with Gasteiger partial charge in [0.2, 0.25) is 0 Å². The Balaban J connectivity index is 0. The van der Waals surface area contributed by atoms with Crippen LogP contribution in [0.15, 0.2) is 12.2 Å². The Labute approximate surface area is 94.7 Å². The summed E-state index contributed by atoms with van der Waals surface area (Å²) in [5.74, 6) is 0. The van der Waals surface area contributed by atoms with Crippen LogP contribution in [0.2, 0.25) is 13.1 Å². The molecule has 0 aliphatic carbocycles. The van der Waals surface area contributed by atoms with Crippen LogP contribution in [-0.2, 0) is 4.74 Å². The maximum atomic E-state index is 11.6. The summed E-state index contributed by atoms with van der Waals surface area (Å²) < 4.78 is 5.47. The normalized spacial score (nSPS) is 13.3. The zero-order valence-electron chi connectivity index (χ0n) is 9.52. The molecule has 0 rings (SSSR count). The van der Waals surface area contributed by atoms with Crippen molar-refractivity contribution in [2.24, 2.45) is 0 Å². The Morgan fingerprint density at radius 1 is 1.54 bits per heavy atom. The van der Waals surface area contributed by atoms with Gasteiger partial charge in [-0.2, -0.15) is 0 Å². The molecular formula is C9H19LiO2Si. The van der Waals surface area contributed by atoms with E-state index in [0.717, 1.165) is 12.0 Å². The van der Waals surface area contributed by atoms with Crippen molar-refractivity contribution >= 4 is 8.32 Å². The molecule has 0 aliphatic rings. The summed E-state index contributed by atoms with van der Waals surface area (Å²) in [7, 11) is -2.37. The molecule has 0 saturated carbocycles. The minimum absolute atomic E-state index is 0. The van der Waals surface area contributed by atoms with Crippen LogP contribution < -0.4 is 23.7 Å². The third-order valence-electron chi connectivity index (χ3n) is 1.68. The Kier molecular flexibility index (Phi) is 8.40. The molecule has 2 nitrogen and oxygen atoms in total. The van der Waals surface area contributed by atoms with Crippen molar-refractivity contribution in [2.75, 3.05) is 6.61 Å². The largest absolute Gasteiger partial charge is 1.00 e. The zero-order chi connectivity index (χ0) is 9.78. The number of rotatable bonds is 5. The second-order valence-corrected chi connectivity index (χ2v) is 7.62. The fraction of sp³-hybridized carbons (Fsp3) is 0.778. The molecule has 13 heavy (non-hydrogen) atoms. The van der Waals surface area contributed by atoms with Crippen LogP contribution >= 0.6 is 0 Å². The molecule has 0 bridgehead atoms. The number of ether oxygens (including phenoxy) is 1. The van der Waals surface area contributed by atoms with Crippen LogP contribution in [0, 0.1) is 0 Å². The maximum absolute atomic E-state index is 11.6. The van der Waals surface area contributed by atoms with Crippen LogP contribution in [0.5, 0.6) is 0 Å². The summed E-state index contributed by atoms with van der Waals surface area (Å²) in [4.78, 5) is 11.6. The molecule has 0 aromatic rings. The average Bonchev–Trinajstić information content (AvgIpc) is 1.85. The van der Waals surface area contributed by atoms with Gasteiger partial charge >= 0.3 is 18.9 Å². The van der Waals surface area contributed by atoms with Gasteiger partial charge in [-0.15, -0.1) is 0 Å². The van der Waals surface area contributed by atoms with E-state index in [1.54, 1.807) is 13.1 Å². The molecule has 1 atom stereocenters. The average molecular weight is 194 g/mol. The van der Waals surface area contributed by atoms with Gasteiger partial charge in [-0.05, 0) is 21.7 Å². The van der Waals surface area contributed by atoms with Gasteiger partial charge in [-0.1, -0.05) is 32.2 Å². The minimum atomic E-state index is -2.37. The van der Waals surface area contributed by atoms with Crippen LogP contribution in [0.4, 0.5) is 0 Å². The molecule has 0 aromatic carbocycles. The zero-order valence-corrected chi connectivity index (χ0v) is 10.5. The molecule has 0 aromatic heterocycles. The predicted molar refractivity (Wildman–Crippen MR) is 52.3 cm³/mol. The van der Waals surface area contributed by atoms with E-state index in [1.807, 2.05) is 13.8 Å². The molecule has 0 fully saturated rings. The first-order valence-electron chi connectivity index (χ1n) is 4.34. The smallest absolute Gasteiger partial charge is 0.857 e. The van der Waals surface area contributed by atoms with Gasteiger partial charge in [0.05, 0.1) is 6.61 Å². The Hall–Kier alpha value is 0.474. The summed E-state index contributed by atoms with van der Waals surface area (Å²) >= 11 is 0. The maximum Gasteiger partial charge on any atom is 1.00 e. The van der Waals surface area contributed by atoms with Crippen LogP contribution in [-0.4, -0.2) is 20.7 Å². The SMILES string of the molecule is C=C(C)COC(CC)[Si](C)(C)[O-].[Li+]. The van der Waals surface area contributed by atoms with Gasteiger partial charge in [0, 0.05) is 5.73 Å². The van der Waals surface area contributed by atoms with Crippen molar-refractivity contribution < 1.29 is 28.4 Å². The van der Waals surface area contributed by atoms with Gasteiger partial charge in [0.15, 0.2) is 0 Å². The minimum Gasteiger partial charge on any atom is -0.857 e. The van der Waals surface area contributed by atoms with Crippen molar-refractivity contribution in [1.82, 2.24) is 0 Å². The van der Waals surface area contributed by atoms with Gasteiger partial charge in [0.1, 0.15) is 0 Å². The van der Waals surface area contributed by atoms with E-state index >= 15 is 0 Å². The molecule has 0 saturated heterocycles. The molecule has 0 spiro atoms. The Morgan fingerprint density at radius 2 is 2.00 bits per heavy atom. The molecule has 0 heterocycles. The van der Waals surface area contributed by atoms with Crippen molar-refractivity contribution in [3.63, 3.8) is 0 Å². The van der Waals surface area contributed by atoms with E-state index in [2.05, 4.69) is 6.58 Å². The van der Waals surface area contributed by atoms with E-state index in [-0.39, 0.29) is 24.6 Å². The van der Waals surface area contributed by atoms with Crippen molar-refractivity contribution in [3.8, 4) is 0 Å². The molecule has 0 aliphatic heterocycles. The second-order valence-electron chi connectivity index (χ2n) is 3.77. The monoisotopic (exact) mass is 194 g/mol. The Morgan fingerprint density at radius 3 is 2.23 bits per heavy atom. The van der Waals surface area contributed by atoms with Gasteiger partial charge in [0.25, 0.3) is 0 Å². The summed E-state index contributed by atoms with van der Waals surface area (Å²) in [5, 5.41) is 0. The Bertz CT molecular complexity index is 154. The van der Waals surface area contributed by atoms with E-state index in [9.17, 15) is 4.80 Å². The van der Waals surface area contributed by atoms with Crippen molar-refractivity contribution in [1.29, 1.82) is 0 Å². The van der Waals surface area contributed by atoms with Crippen molar-refractivity contribution in [2.45, 2.75) is 39.1 Å². The number of hydrogen-bond donors (Lipinski definition) is 0. The van der Waals surface area contributed by atoms with Gasteiger partial charge < -0.3 is 9.53 Å². The third-order valence-corrected chi connectivity index (χ3v) is 3.80. The van der Waals surface area contributed by atoms with Crippen LogP contribution in [0.25, 0.3) is 0 Å². The molecule has 1 unspecified atom stereocenters. The molecule has 0 amide bonds. The molecule has 4 heteroatoms. The van der Waals surface area contributed by atoms with E-state index in [1.165, 1.54) is 0 Å². The van der Waals surface area contributed by atoms with Crippen molar-refractivity contribution in [3.05, 3.63) is 12.2 Å². The van der Waals surface area contributed by atoms with Crippen LogP contribution in [0.1, 0.15) is 20.3 Å². The van der Waals surface area contributed by atoms with E-state index < -0.39 is 8.32 Å². The van der Waals surface area contributed by atoms with E-state index in [4.69, 9.17) is 4.74 Å². The van der Waals surface area contributed by atoms with Gasteiger partial charge in [-0.3, -0.25) is 0 Å². The van der Waals surface area contributed by atoms with E-state index in [0.29, 0.717) is 6.61 Å². The molecule has 0 radical (unpaired) electrons. The fourth-order valence-corrected chi connectivity index (χ4v) is 2.52. The topological polar surface area (TPSA) is 32.3 Å². The summed E-state index contributed by atoms with van der Waals surface area (Å²) in [6.07, 6.45) is 0.815. The standard InChI is InChI=1S/C9H19O2Si.Li/c1-6-9(12(4,5)10)11-7-8(2)3;/h9H,2,6-7H2,1,3-5H3;/q-1;+1. The first-order valence-corrected chi connectivity index (χ1v) is 7.33. The summed E-state index contributed by atoms with van der Waals surface area (Å²) in [6.45, 7) is 11.7. The summed E-state index contributed by atoms with van der Waals surface area (Å²) in [5.41, 5.74) is 0.904. The quantitative estimate of drug-likeness (QED) is 0.393. The number of hydrogen-bond acceptors (Lipinski definition) is 2. The third kappa shape index (κ3) is 7.54. The molecular weight excluding hydrogens is 175 g/mol. The second kappa shape index (κ2) is 6.86.